The highest BCUT2D eigenvalue weighted by molar-refractivity contribution is 5.79. The molecule has 1 unspecified atom stereocenters. The number of rotatable bonds is 8. The van der Waals surface area contributed by atoms with Crippen LogP contribution in [0.4, 0.5) is 0 Å². The highest BCUT2D eigenvalue weighted by Gasteiger charge is 2.16. The monoisotopic (exact) mass is 320 g/mol. The standard InChI is InChI=1S/C17H32N6/c1-3-18-17(20-11-15-23-14-7-10-21-23)19-9-6-13-22-12-5-4-8-16(22)2/h7,10,14,16H,3-6,8-9,11-13,15H2,1-2H3,(H2,18,19,20). The Kier molecular flexibility index (Phi) is 7.93. The van der Waals surface area contributed by atoms with E-state index in [0.29, 0.717) is 0 Å². The second-order valence-electron chi connectivity index (χ2n) is 6.19. The number of guanidine groups is 1. The molecule has 6 heteroatoms. The lowest BCUT2D eigenvalue weighted by molar-refractivity contribution is 0.160. The van der Waals surface area contributed by atoms with Gasteiger partial charge >= 0.3 is 0 Å². The first kappa shape index (κ1) is 17.8. The first-order valence-corrected chi connectivity index (χ1v) is 9.03. The molecule has 1 atom stereocenters. The summed E-state index contributed by atoms with van der Waals surface area (Å²) in [4.78, 5) is 7.29. The zero-order valence-electron chi connectivity index (χ0n) is 14.7. The Bertz CT molecular complexity index is 442. The highest BCUT2D eigenvalue weighted by Crippen LogP contribution is 2.16. The van der Waals surface area contributed by atoms with Crippen LogP contribution < -0.4 is 10.6 Å². The van der Waals surface area contributed by atoms with Crippen LogP contribution in [0.3, 0.4) is 0 Å². The van der Waals surface area contributed by atoms with Crippen LogP contribution in [-0.2, 0) is 6.54 Å². The third-order valence-corrected chi connectivity index (χ3v) is 4.35. The van der Waals surface area contributed by atoms with Gasteiger partial charge in [-0.1, -0.05) is 6.42 Å². The van der Waals surface area contributed by atoms with Crippen molar-refractivity contribution in [1.29, 1.82) is 0 Å². The Morgan fingerprint density at radius 1 is 1.30 bits per heavy atom. The number of likely N-dealkylation sites (tertiary alicyclic amines) is 1. The molecule has 0 bridgehead atoms. The minimum Gasteiger partial charge on any atom is -0.357 e. The normalized spacial score (nSPS) is 19.7. The van der Waals surface area contributed by atoms with Crippen molar-refractivity contribution in [2.24, 2.45) is 4.99 Å². The molecular weight excluding hydrogens is 288 g/mol. The summed E-state index contributed by atoms with van der Waals surface area (Å²) in [5.41, 5.74) is 0. The molecule has 2 rings (SSSR count). The fourth-order valence-electron chi connectivity index (χ4n) is 3.02. The maximum absolute atomic E-state index is 4.68. The van der Waals surface area contributed by atoms with E-state index in [2.05, 4.69) is 39.5 Å². The zero-order chi connectivity index (χ0) is 16.3. The maximum Gasteiger partial charge on any atom is 0.191 e. The molecule has 0 saturated carbocycles. The molecule has 2 N–H and O–H groups in total. The number of nitrogens with one attached hydrogen (secondary N) is 2. The van der Waals surface area contributed by atoms with E-state index < -0.39 is 0 Å². The molecule has 0 aromatic carbocycles. The minimum absolute atomic E-state index is 0.744. The Hall–Kier alpha value is -1.56. The number of piperidine rings is 1. The molecule has 1 aromatic rings. The Balaban J connectivity index is 1.66. The first-order chi connectivity index (χ1) is 11.3. The summed E-state index contributed by atoms with van der Waals surface area (Å²) < 4.78 is 1.92. The third-order valence-electron chi connectivity index (χ3n) is 4.35. The van der Waals surface area contributed by atoms with Gasteiger partial charge in [0.2, 0.25) is 0 Å². The van der Waals surface area contributed by atoms with E-state index in [1.54, 1.807) is 6.20 Å². The molecule has 1 saturated heterocycles. The molecular formula is C17H32N6. The Morgan fingerprint density at radius 2 is 2.22 bits per heavy atom. The maximum atomic E-state index is 4.68. The van der Waals surface area contributed by atoms with Crippen LogP contribution >= 0.6 is 0 Å². The van der Waals surface area contributed by atoms with Crippen molar-refractivity contribution in [2.45, 2.75) is 52.1 Å². The van der Waals surface area contributed by atoms with Gasteiger partial charge in [-0.2, -0.15) is 5.10 Å². The van der Waals surface area contributed by atoms with Crippen molar-refractivity contribution in [3.8, 4) is 0 Å². The fourth-order valence-corrected chi connectivity index (χ4v) is 3.02. The minimum atomic E-state index is 0.744. The average molecular weight is 320 g/mol. The topological polar surface area (TPSA) is 57.5 Å². The van der Waals surface area contributed by atoms with Crippen LogP contribution in [0.1, 0.15) is 39.5 Å². The van der Waals surface area contributed by atoms with E-state index in [9.17, 15) is 0 Å². The summed E-state index contributed by atoms with van der Waals surface area (Å²) in [6, 6.07) is 2.69. The number of hydrogen-bond acceptors (Lipinski definition) is 3. The number of aliphatic imine (C=N–C) groups is 1. The van der Waals surface area contributed by atoms with Gasteiger partial charge in [-0.3, -0.25) is 9.67 Å². The molecule has 1 aliphatic rings. The summed E-state index contributed by atoms with van der Waals surface area (Å²) in [5.74, 6) is 0.909. The predicted molar refractivity (Wildman–Crippen MR) is 95.7 cm³/mol. The average Bonchev–Trinajstić information content (AvgIpc) is 3.06. The number of nitrogens with zero attached hydrogens (tertiary/aromatic N) is 4. The third kappa shape index (κ3) is 6.60. The zero-order valence-corrected chi connectivity index (χ0v) is 14.7. The molecule has 2 heterocycles. The largest absolute Gasteiger partial charge is 0.357 e. The van der Waals surface area contributed by atoms with Crippen molar-refractivity contribution < 1.29 is 0 Å². The second kappa shape index (κ2) is 10.3. The highest BCUT2D eigenvalue weighted by atomic mass is 15.3. The summed E-state index contributed by atoms with van der Waals surface area (Å²) in [5, 5.41) is 10.9. The van der Waals surface area contributed by atoms with E-state index >= 15 is 0 Å². The number of aromatic nitrogens is 2. The van der Waals surface area contributed by atoms with E-state index in [0.717, 1.165) is 51.1 Å². The lowest BCUT2D eigenvalue weighted by Gasteiger charge is -2.33. The van der Waals surface area contributed by atoms with E-state index in [-0.39, 0.29) is 0 Å². The molecule has 23 heavy (non-hydrogen) atoms. The van der Waals surface area contributed by atoms with Crippen LogP contribution in [0.25, 0.3) is 0 Å². The van der Waals surface area contributed by atoms with Gasteiger partial charge in [-0.05, 0) is 45.7 Å². The molecule has 1 aliphatic heterocycles. The van der Waals surface area contributed by atoms with Gasteiger partial charge in [0.15, 0.2) is 5.96 Å². The SMILES string of the molecule is CCNC(=NCCCN1CCCCC1C)NCCn1cccn1. The van der Waals surface area contributed by atoms with Gasteiger partial charge in [0.1, 0.15) is 0 Å². The van der Waals surface area contributed by atoms with Gasteiger partial charge < -0.3 is 15.5 Å². The van der Waals surface area contributed by atoms with Gasteiger partial charge in [0.25, 0.3) is 0 Å². The van der Waals surface area contributed by atoms with Gasteiger partial charge in [0.05, 0.1) is 6.54 Å². The summed E-state index contributed by atoms with van der Waals surface area (Å²) >= 11 is 0. The van der Waals surface area contributed by atoms with Crippen molar-refractivity contribution in [3.63, 3.8) is 0 Å². The van der Waals surface area contributed by atoms with Crippen molar-refractivity contribution in [3.05, 3.63) is 18.5 Å². The lowest BCUT2D eigenvalue weighted by Crippen LogP contribution is -2.40. The summed E-state index contributed by atoms with van der Waals surface area (Å²) in [6.07, 6.45) is 9.00. The fraction of sp³-hybridized carbons (Fsp3) is 0.765. The Morgan fingerprint density at radius 3 is 2.96 bits per heavy atom. The quantitative estimate of drug-likeness (QED) is 0.435. The first-order valence-electron chi connectivity index (χ1n) is 9.03. The molecule has 130 valence electrons. The molecule has 6 nitrogen and oxygen atoms in total. The second-order valence-corrected chi connectivity index (χ2v) is 6.19. The van der Waals surface area contributed by atoms with Crippen molar-refractivity contribution >= 4 is 5.96 Å². The van der Waals surface area contributed by atoms with E-state index in [1.807, 2.05) is 16.9 Å². The predicted octanol–water partition coefficient (Wildman–Crippen LogP) is 1.70. The molecule has 0 spiro atoms. The van der Waals surface area contributed by atoms with Gasteiger partial charge in [-0.25, -0.2) is 0 Å². The van der Waals surface area contributed by atoms with Gasteiger partial charge in [-0.15, -0.1) is 0 Å². The van der Waals surface area contributed by atoms with Gasteiger partial charge in [0, 0.05) is 44.6 Å². The molecule has 0 radical (unpaired) electrons. The van der Waals surface area contributed by atoms with Crippen molar-refractivity contribution in [2.75, 3.05) is 32.7 Å². The smallest absolute Gasteiger partial charge is 0.191 e. The molecule has 0 amide bonds. The van der Waals surface area contributed by atoms with E-state index in [4.69, 9.17) is 0 Å². The lowest BCUT2D eigenvalue weighted by atomic mass is 10.0. The number of hydrogen-bond donors (Lipinski definition) is 2. The van der Waals surface area contributed by atoms with Crippen LogP contribution in [0, 0.1) is 0 Å². The van der Waals surface area contributed by atoms with Crippen molar-refractivity contribution in [1.82, 2.24) is 25.3 Å². The molecule has 1 fully saturated rings. The van der Waals surface area contributed by atoms with E-state index in [1.165, 1.54) is 25.8 Å². The molecule has 0 aliphatic carbocycles. The van der Waals surface area contributed by atoms with Crippen LogP contribution in [0.2, 0.25) is 0 Å². The molecule has 1 aromatic heterocycles. The summed E-state index contributed by atoms with van der Waals surface area (Å²) in [6.45, 7) is 10.3. The van der Waals surface area contributed by atoms with Crippen LogP contribution in [0.15, 0.2) is 23.5 Å². The Labute approximate surface area is 140 Å². The van der Waals surface area contributed by atoms with Crippen LogP contribution in [-0.4, -0.2) is 59.4 Å². The van der Waals surface area contributed by atoms with Crippen LogP contribution in [0.5, 0.6) is 0 Å². The summed E-state index contributed by atoms with van der Waals surface area (Å²) in [7, 11) is 0.